The normalized spacial score (nSPS) is 27.6. The molecule has 20 heavy (non-hydrogen) atoms. The molecule has 3 atom stereocenters. The summed E-state index contributed by atoms with van der Waals surface area (Å²) in [5.41, 5.74) is 0.323. The van der Waals surface area contributed by atoms with Crippen molar-refractivity contribution in [1.29, 1.82) is 0 Å². The van der Waals surface area contributed by atoms with Crippen molar-refractivity contribution in [2.45, 2.75) is 51.9 Å². The van der Waals surface area contributed by atoms with E-state index in [0.29, 0.717) is 18.5 Å². The largest absolute Gasteiger partial charge is 0.416 e. The highest BCUT2D eigenvalue weighted by Gasteiger charge is 2.30. The number of nitrogens with one attached hydrogen (secondary N) is 1. The molecular weight excluding hydrogens is 263 g/mol. The molecule has 0 heterocycles. The van der Waals surface area contributed by atoms with Crippen molar-refractivity contribution < 1.29 is 13.2 Å². The zero-order chi connectivity index (χ0) is 14.8. The van der Waals surface area contributed by atoms with Gasteiger partial charge in [-0.25, -0.2) is 0 Å². The van der Waals surface area contributed by atoms with Crippen LogP contribution in [0.15, 0.2) is 24.3 Å². The van der Waals surface area contributed by atoms with Gasteiger partial charge in [0.2, 0.25) is 0 Å². The van der Waals surface area contributed by atoms with E-state index < -0.39 is 11.7 Å². The van der Waals surface area contributed by atoms with Gasteiger partial charge in [-0.15, -0.1) is 0 Å². The zero-order valence-electron chi connectivity index (χ0n) is 12.0. The van der Waals surface area contributed by atoms with Gasteiger partial charge in [-0.3, -0.25) is 0 Å². The highest BCUT2D eigenvalue weighted by atomic mass is 19.4. The van der Waals surface area contributed by atoms with E-state index in [1.165, 1.54) is 12.8 Å². The van der Waals surface area contributed by atoms with Crippen molar-refractivity contribution >= 4 is 0 Å². The minimum Gasteiger partial charge on any atom is -0.310 e. The molecule has 1 aromatic rings. The molecule has 2 rings (SSSR count). The second-order valence-corrected chi connectivity index (χ2v) is 6.08. The molecule has 4 heteroatoms. The third-order valence-electron chi connectivity index (χ3n) is 4.31. The third kappa shape index (κ3) is 3.98. The van der Waals surface area contributed by atoms with Crippen LogP contribution in [-0.4, -0.2) is 6.04 Å². The first kappa shape index (κ1) is 15.4. The van der Waals surface area contributed by atoms with E-state index >= 15 is 0 Å². The van der Waals surface area contributed by atoms with Gasteiger partial charge in [-0.05, 0) is 42.4 Å². The fourth-order valence-corrected chi connectivity index (χ4v) is 2.88. The van der Waals surface area contributed by atoms with Crippen LogP contribution >= 0.6 is 0 Å². The summed E-state index contributed by atoms with van der Waals surface area (Å²) < 4.78 is 37.4. The third-order valence-corrected chi connectivity index (χ3v) is 4.31. The Morgan fingerprint density at radius 2 is 1.75 bits per heavy atom. The molecule has 1 saturated carbocycles. The smallest absolute Gasteiger partial charge is 0.310 e. The summed E-state index contributed by atoms with van der Waals surface area (Å²) in [5.74, 6) is 1.37. The lowest BCUT2D eigenvalue weighted by Crippen LogP contribution is -2.39. The molecule has 112 valence electrons. The summed E-state index contributed by atoms with van der Waals surface area (Å²) in [7, 11) is 0. The Balaban J connectivity index is 1.90. The Hall–Kier alpha value is -1.03. The van der Waals surface area contributed by atoms with E-state index in [9.17, 15) is 13.2 Å². The molecule has 0 amide bonds. The first-order valence-electron chi connectivity index (χ1n) is 7.26. The first-order valence-corrected chi connectivity index (χ1v) is 7.26. The average Bonchev–Trinajstić information content (AvgIpc) is 2.39. The molecule has 1 N–H and O–H groups in total. The second-order valence-electron chi connectivity index (χ2n) is 6.08. The molecule has 0 radical (unpaired) electrons. The van der Waals surface area contributed by atoms with Gasteiger partial charge in [0, 0.05) is 12.6 Å². The lowest BCUT2D eigenvalue weighted by molar-refractivity contribution is -0.137. The van der Waals surface area contributed by atoms with Crippen molar-refractivity contribution in [3.05, 3.63) is 35.4 Å². The average molecular weight is 285 g/mol. The monoisotopic (exact) mass is 285 g/mol. The number of rotatable bonds is 3. The molecule has 1 aromatic carbocycles. The van der Waals surface area contributed by atoms with E-state index in [4.69, 9.17) is 0 Å². The number of hydrogen-bond donors (Lipinski definition) is 1. The highest BCUT2D eigenvalue weighted by molar-refractivity contribution is 5.24. The van der Waals surface area contributed by atoms with Crippen molar-refractivity contribution in [3.63, 3.8) is 0 Å². The maximum atomic E-state index is 12.5. The predicted molar refractivity (Wildman–Crippen MR) is 74.3 cm³/mol. The van der Waals surface area contributed by atoms with Gasteiger partial charge in [-0.2, -0.15) is 13.2 Å². The van der Waals surface area contributed by atoms with Gasteiger partial charge in [0.1, 0.15) is 0 Å². The standard InChI is InChI=1S/C16H22F3N/c1-11-3-4-12(2)15(9-11)20-10-13-5-7-14(8-6-13)16(17,18)19/h5-8,11-12,15,20H,3-4,9-10H2,1-2H3. The minimum absolute atomic E-state index is 0.473. The maximum Gasteiger partial charge on any atom is 0.416 e. The Morgan fingerprint density at radius 3 is 2.35 bits per heavy atom. The lowest BCUT2D eigenvalue weighted by atomic mass is 9.80. The number of alkyl halides is 3. The molecule has 0 bridgehead atoms. The molecule has 0 saturated heterocycles. The number of halogens is 3. The van der Waals surface area contributed by atoms with E-state index in [2.05, 4.69) is 19.2 Å². The van der Waals surface area contributed by atoms with Crippen LogP contribution < -0.4 is 5.32 Å². The van der Waals surface area contributed by atoms with Crippen LogP contribution in [0, 0.1) is 11.8 Å². The van der Waals surface area contributed by atoms with E-state index in [1.807, 2.05) is 0 Å². The van der Waals surface area contributed by atoms with Gasteiger partial charge in [0.05, 0.1) is 5.56 Å². The maximum absolute atomic E-state index is 12.5. The number of hydrogen-bond acceptors (Lipinski definition) is 1. The topological polar surface area (TPSA) is 12.0 Å². The van der Waals surface area contributed by atoms with Crippen LogP contribution in [0.4, 0.5) is 13.2 Å². The summed E-state index contributed by atoms with van der Waals surface area (Å²) in [5, 5.41) is 3.50. The fraction of sp³-hybridized carbons (Fsp3) is 0.625. The summed E-state index contributed by atoms with van der Waals surface area (Å²) in [6.07, 6.45) is -0.591. The van der Waals surface area contributed by atoms with Crippen LogP contribution in [0.2, 0.25) is 0 Å². The van der Waals surface area contributed by atoms with E-state index in [1.54, 1.807) is 12.1 Å². The van der Waals surface area contributed by atoms with Gasteiger partial charge in [0.15, 0.2) is 0 Å². The molecule has 0 aliphatic heterocycles. The molecular formula is C16H22F3N. The zero-order valence-corrected chi connectivity index (χ0v) is 12.0. The summed E-state index contributed by atoms with van der Waals surface area (Å²) in [6, 6.07) is 5.91. The van der Waals surface area contributed by atoms with Crippen molar-refractivity contribution in [2.24, 2.45) is 11.8 Å². The molecule has 1 aliphatic carbocycles. The summed E-state index contributed by atoms with van der Waals surface area (Å²) in [4.78, 5) is 0. The minimum atomic E-state index is -4.25. The molecule has 1 aliphatic rings. The molecule has 3 unspecified atom stereocenters. The second kappa shape index (κ2) is 6.17. The Kier molecular flexibility index (Phi) is 4.74. The molecule has 1 nitrogen and oxygen atoms in total. The SMILES string of the molecule is CC1CCC(C)C(NCc2ccc(C(F)(F)F)cc2)C1. The Bertz CT molecular complexity index is 424. The van der Waals surface area contributed by atoms with Crippen molar-refractivity contribution in [1.82, 2.24) is 5.32 Å². The predicted octanol–water partition coefficient (Wildman–Crippen LogP) is 4.62. The van der Waals surface area contributed by atoms with Gasteiger partial charge in [-0.1, -0.05) is 32.4 Å². The highest BCUT2D eigenvalue weighted by Crippen LogP contribution is 2.30. The van der Waals surface area contributed by atoms with Crippen LogP contribution in [0.25, 0.3) is 0 Å². The van der Waals surface area contributed by atoms with Crippen LogP contribution in [0.5, 0.6) is 0 Å². The van der Waals surface area contributed by atoms with Gasteiger partial charge in [0.25, 0.3) is 0 Å². The number of benzene rings is 1. The van der Waals surface area contributed by atoms with E-state index in [-0.39, 0.29) is 0 Å². The van der Waals surface area contributed by atoms with Crippen LogP contribution in [-0.2, 0) is 12.7 Å². The van der Waals surface area contributed by atoms with E-state index in [0.717, 1.165) is 30.0 Å². The van der Waals surface area contributed by atoms with Crippen molar-refractivity contribution in [2.75, 3.05) is 0 Å². The Morgan fingerprint density at radius 1 is 1.10 bits per heavy atom. The Labute approximate surface area is 118 Å². The van der Waals surface area contributed by atoms with Crippen LogP contribution in [0.1, 0.15) is 44.2 Å². The first-order chi connectivity index (χ1) is 9.36. The molecule has 0 spiro atoms. The molecule has 0 aromatic heterocycles. The summed E-state index contributed by atoms with van der Waals surface area (Å²) in [6.45, 7) is 5.15. The van der Waals surface area contributed by atoms with Gasteiger partial charge < -0.3 is 5.32 Å². The van der Waals surface area contributed by atoms with Gasteiger partial charge >= 0.3 is 6.18 Å². The quantitative estimate of drug-likeness (QED) is 0.854. The fourth-order valence-electron chi connectivity index (χ4n) is 2.88. The van der Waals surface area contributed by atoms with Crippen molar-refractivity contribution in [3.8, 4) is 0 Å². The lowest BCUT2D eigenvalue weighted by Gasteiger charge is -2.33. The molecule has 1 fully saturated rings. The van der Waals surface area contributed by atoms with Crippen LogP contribution in [0.3, 0.4) is 0 Å². The summed E-state index contributed by atoms with van der Waals surface area (Å²) >= 11 is 0.